The van der Waals surface area contributed by atoms with Crippen molar-refractivity contribution >= 4 is 28.9 Å². The van der Waals surface area contributed by atoms with E-state index in [0.717, 1.165) is 0 Å². The average Bonchev–Trinajstić information content (AvgIpc) is 2.38. The van der Waals surface area contributed by atoms with Crippen LogP contribution in [0, 0.1) is 0 Å². The molecule has 104 valence electrons. The average molecular weight is 292 g/mol. The zero-order chi connectivity index (χ0) is 14.7. The number of benzene rings is 1. The second kappa shape index (κ2) is 5.79. The number of pyridine rings is 1. The number of aromatic nitrogens is 1. The van der Waals surface area contributed by atoms with Gasteiger partial charge in [-0.2, -0.15) is 0 Å². The van der Waals surface area contributed by atoms with Crippen LogP contribution in [0.15, 0.2) is 41.2 Å². The summed E-state index contributed by atoms with van der Waals surface area (Å²) in [5.41, 5.74) is 1.16. The maximum Gasteiger partial charge on any atom is 0.272 e. The summed E-state index contributed by atoms with van der Waals surface area (Å²) in [5.74, 6) is -0.395. The zero-order valence-corrected chi connectivity index (χ0v) is 11.9. The van der Waals surface area contributed by atoms with Gasteiger partial charge in [-0.05, 0) is 18.2 Å². The molecule has 0 fully saturated rings. The van der Waals surface area contributed by atoms with E-state index < -0.39 is 5.91 Å². The Morgan fingerprint density at radius 3 is 2.55 bits per heavy atom. The van der Waals surface area contributed by atoms with Crippen molar-refractivity contribution < 1.29 is 4.79 Å². The Hall–Kier alpha value is -2.27. The number of aromatic amines is 1. The van der Waals surface area contributed by atoms with E-state index >= 15 is 0 Å². The second-order valence-corrected chi connectivity index (χ2v) is 4.82. The SMILES string of the molecule is CN(C)c1c(Cl)cccc1NC(=O)c1cccc(=O)[nH]1. The van der Waals surface area contributed by atoms with Gasteiger partial charge < -0.3 is 15.2 Å². The van der Waals surface area contributed by atoms with E-state index in [2.05, 4.69) is 10.3 Å². The van der Waals surface area contributed by atoms with E-state index in [0.29, 0.717) is 16.4 Å². The van der Waals surface area contributed by atoms with Crippen LogP contribution in [0.4, 0.5) is 11.4 Å². The lowest BCUT2D eigenvalue weighted by Crippen LogP contribution is -2.20. The van der Waals surface area contributed by atoms with Crippen molar-refractivity contribution in [3.05, 3.63) is 57.5 Å². The van der Waals surface area contributed by atoms with Gasteiger partial charge in [0, 0.05) is 20.2 Å². The number of anilines is 2. The normalized spacial score (nSPS) is 10.2. The lowest BCUT2D eigenvalue weighted by atomic mass is 10.2. The maximum atomic E-state index is 12.1. The molecule has 0 radical (unpaired) electrons. The molecule has 2 N–H and O–H groups in total. The van der Waals surface area contributed by atoms with Crippen LogP contribution in [-0.2, 0) is 0 Å². The van der Waals surface area contributed by atoms with Crippen LogP contribution in [0.25, 0.3) is 0 Å². The van der Waals surface area contributed by atoms with Crippen molar-refractivity contribution in [1.82, 2.24) is 4.98 Å². The number of nitrogens with zero attached hydrogens (tertiary/aromatic N) is 1. The lowest BCUT2D eigenvalue weighted by Gasteiger charge is -2.19. The fourth-order valence-electron chi connectivity index (χ4n) is 1.84. The number of carbonyl (C=O) groups excluding carboxylic acids is 1. The molecule has 0 aliphatic rings. The van der Waals surface area contributed by atoms with Gasteiger partial charge in [-0.3, -0.25) is 9.59 Å². The summed E-state index contributed by atoms with van der Waals surface area (Å²) >= 11 is 6.13. The molecule has 0 saturated heterocycles. The fraction of sp³-hybridized carbons (Fsp3) is 0.143. The summed E-state index contributed by atoms with van der Waals surface area (Å²) in [6, 6.07) is 9.66. The van der Waals surface area contributed by atoms with Gasteiger partial charge in [-0.1, -0.05) is 23.7 Å². The molecule has 0 aliphatic carbocycles. The van der Waals surface area contributed by atoms with Gasteiger partial charge in [0.1, 0.15) is 5.69 Å². The molecule has 0 saturated carbocycles. The third kappa shape index (κ3) is 3.00. The van der Waals surface area contributed by atoms with E-state index in [1.165, 1.54) is 18.2 Å². The molecule has 5 nitrogen and oxygen atoms in total. The Kier molecular flexibility index (Phi) is 4.10. The van der Waals surface area contributed by atoms with E-state index in [9.17, 15) is 9.59 Å². The van der Waals surface area contributed by atoms with Gasteiger partial charge in [0.25, 0.3) is 5.91 Å². The lowest BCUT2D eigenvalue weighted by molar-refractivity contribution is 0.102. The van der Waals surface area contributed by atoms with Crippen LogP contribution in [0.2, 0.25) is 5.02 Å². The number of nitrogens with one attached hydrogen (secondary N) is 2. The van der Waals surface area contributed by atoms with Crippen molar-refractivity contribution in [3.8, 4) is 0 Å². The fourth-order valence-corrected chi connectivity index (χ4v) is 2.18. The molecule has 6 heteroatoms. The highest BCUT2D eigenvalue weighted by molar-refractivity contribution is 6.34. The molecular formula is C14H14ClN3O2. The number of amides is 1. The number of para-hydroxylation sites is 1. The van der Waals surface area contributed by atoms with Crippen LogP contribution in [0.3, 0.4) is 0 Å². The summed E-state index contributed by atoms with van der Waals surface area (Å²) < 4.78 is 0. The van der Waals surface area contributed by atoms with E-state index in [1.807, 2.05) is 19.0 Å². The summed E-state index contributed by atoms with van der Waals surface area (Å²) in [4.78, 5) is 27.6. The minimum absolute atomic E-state index is 0.196. The van der Waals surface area contributed by atoms with E-state index in [1.54, 1.807) is 18.2 Å². The molecule has 20 heavy (non-hydrogen) atoms. The van der Waals surface area contributed by atoms with Crippen molar-refractivity contribution in [2.24, 2.45) is 0 Å². The molecule has 2 rings (SSSR count). The standard InChI is InChI=1S/C14H14ClN3O2/c1-18(2)13-9(15)5-3-6-10(13)17-14(20)11-7-4-8-12(19)16-11/h3-8H,1-2H3,(H,16,19)(H,17,20). The number of hydrogen-bond donors (Lipinski definition) is 2. The number of carbonyl (C=O) groups is 1. The Balaban J connectivity index is 2.33. The van der Waals surface area contributed by atoms with Crippen molar-refractivity contribution in [2.75, 3.05) is 24.3 Å². The highest BCUT2D eigenvalue weighted by atomic mass is 35.5. The van der Waals surface area contributed by atoms with E-state index in [-0.39, 0.29) is 11.3 Å². The first kappa shape index (κ1) is 14.1. The van der Waals surface area contributed by atoms with Crippen LogP contribution in [0.1, 0.15) is 10.5 Å². The Morgan fingerprint density at radius 2 is 1.90 bits per heavy atom. The predicted octanol–water partition coefficient (Wildman–Crippen LogP) is 2.35. The molecule has 0 atom stereocenters. The maximum absolute atomic E-state index is 12.1. The molecule has 1 aromatic heterocycles. The van der Waals surface area contributed by atoms with Crippen LogP contribution in [0.5, 0.6) is 0 Å². The van der Waals surface area contributed by atoms with Gasteiger partial charge >= 0.3 is 0 Å². The number of hydrogen-bond acceptors (Lipinski definition) is 3. The van der Waals surface area contributed by atoms with Gasteiger partial charge in [0.15, 0.2) is 0 Å². The summed E-state index contributed by atoms with van der Waals surface area (Å²) in [5, 5.41) is 3.28. The summed E-state index contributed by atoms with van der Waals surface area (Å²) in [7, 11) is 3.67. The molecule has 0 bridgehead atoms. The van der Waals surface area contributed by atoms with Crippen LogP contribution >= 0.6 is 11.6 Å². The molecule has 0 spiro atoms. The number of rotatable bonds is 3. The van der Waals surface area contributed by atoms with Gasteiger partial charge in [0.2, 0.25) is 5.56 Å². The quantitative estimate of drug-likeness (QED) is 0.912. The Bertz CT molecular complexity index is 695. The predicted molar refractivity (Wildman–Crippen MR) is 80.8 cm³/mol. The smallest absolute Gasteiger partial charge is 0.272 e. The topological polar surface area (TPSA) is 65.2 Å². The summed E-state index contributed by atoms with van der Waals surface area (Å²) in [6.45, 7) is 0. The van der Waals surface area contributed by atoms with Gasteiger partial charge in [-0.15, -0.1) is 0 Å². The Labute approximate surface area is 121 Å². The molecule has 1 aromatic carbocycles. The third-order valence-electron chi connectivity index (χ3n) is 2.70. The van der Waals surface area contributed by atoms with Crippen LogP contribution in [-0.4, -0.2) is 25.0 Å². The van der Waals surface area contributed by atoms with Crippen LogP contribution < -0.4 is 15.8 Å². The van der Waals surface area contributed by atoms with E-state index in [4.69, 9.17) is 11.6 Å². The van der Waals surface area contributed by atoms with Crippen molar-refractivity contribution in [3.63, 3.8) is 0 Å². The first-order valence-electron chi connectivity index (χ1n) is 5.95. The second-order valence-electron chi connectivity index (χ2n) is 4.41. The monoisotopic (exact) mass is 291 g/mol. The molecule has 0 aliphatic heterocycles. The zero-order valence-electron chi connectivity index (χ0n) is 11.1. The Morgan fingerprint density at radius 1 is 1.20 bits per heavy atom. The molecule has 1 heterocycles. The minimum atomic E-state index is -0.395. The number of halogens is 1. The largest absolute Gasteiger partial charge is 0.375 e. The molecule has 2 aromatic rings. The van der Waals surface area contributed by atoms with Crippen molar-refractivity contribution in [1.29, 1.82) is 0 Å². The number of H-pyrrole nitrogens is 1. The molecule has 1 amide bonds. The highest BCUT2D eigenvalue weighted by Crippen LogP contribution is 2.32. The third-order valence-corrected chi connectivity index (χ3v) is 3.00. The first-order valence-corrected chi connectivity index (χ1v) is 6.33. The molecule has 0 unspecified atom stereocenters. The minimum Gasteiger partial charge on any atom is -0.375 e. The first-order chi connectivity index (χ1) is 9.49. The summed E-state index contributed by atoms with van der Waals surface area (Å²) in [6.07, 6.45) is 0. The van der Waals surface area contributed by atoms with Gasteiger partial charge in [-0.25, -0.2) is 0 Å². The van der Waals surface area contributed by atoms with Gasteiger partial charge in [0.05, 0.1) is 16.4 Å². The highest BCUT2D eigenvalue weighted by Gasteiger charge is 2.13. The van der Waals surface area contributed by atoms with Crippen molar-refractivity contribution in [2.45, 2.75) is 0 Å². The molecular weight excluding hydrogens is 278 g/mol.